The molecule has 0 aliphatic heterocycles. The van der Waals surface area contributed by atoms with Crippen molar-refractivity contribution in [1.29, 1.82) is 0 Å². The second-order valence-corrected chi connectivity index (χ2v) is 7.24. The van der Waals surface area contributed by atoms with Crippen LogP contribution in [0.4, 0.5) is 0 Å². The van der Waals surface area contributed by atoms with Crippen molar-refractivity contribution in [3.8, 4) is 11.5 Å². The molecule has 146 valence electrons. The van der Waals surface area contributed by atoms with Crippen LogP contribution in [0.25, 0.3) is 0 Å². The summed E-state index contributed by atoms with van der Waals surface area (Å²) >= 11 is 1.40. The van der Waals surface area contributed by atoms with Crippen LogP contribution in [0, 0.1) is 6.92 Å². The van der Waals surface area contributed by atoms with Gasteiger partial charge in [-0.25, -0.2) is 0 Å². The molecule has 2 N–H and O–H groups in total. The number of carbonyl (C=O) groups is 2. The van der Waals surface area contributed by atoms with Crippen LogP contribution in [0.1, 0.15) is 46.9 Å². The number of hydrogen-bond acceptors (Lipinski definition) is 5. The quantitative estimate of drug-likeness (QED) is 0.687. The van der Waals surface area contributed by atoms with Gasteiger partial charge in [0.1, 0.15) is 0 Å². The summed E-state index contributed by atoms with van der Waals surface area (Å²) in [6, 6.07) is 9.01. The number of hydrogen-bond donors (Lipinski definition) is 2. The lowest BCUT2D eigenvalue weighted by atomic mass is 10.1. The number of carbonyl (C=O) groups excluding carboxylic acids is 2. The van der Waals surface area contributed by atoms with Crippen LogP contribution in [0.5, 0.6) is 11.5 Å². The van der Waals surface area contributed by atoms with Gasteiger partial charge in [-0.15, -0.1) is 11.3 Å². The average Bonchev–Trinajstić information content (AvgIpc) is 3.08. The molecule has 0 saturated heterocycles. The molecule has 6 nitrogen and oxygen atoms in total. The highest BCUT2D eigenvalue weighted by molar-refractivity contribution is 7.13. The lowest BCUT2D eigenvalue weighted by molar-refractivity contribution is -0.120. The Kier molecular flexibility index (Phi) is 7.67. The van der Waals surface area contributed by atoms with E-state index in [1.54, 1.807) is 6.07 Å². The molecule has 1 heterocycles. The summed E-state index contributed by atoms with van der Waals surface area (Å²) in [5, 5.41) is 5.52. The van der Waals surface area contributed by atoms with Crippen molar-refractivity contribution in [1.82, 2.24) is 10.6 Å². The Morgan fingerprint density at radius 1 is 1.07 bits per heavy atom. The molecule has 1 aromatic heterocycles. The van der Waals surface area contributed by atoms with E-state index in [-0.39, 0.29) is 24.4 Å². The molecular weight excluding hydrogens is 364 g/mol. The first-order valence-corrected chi connectivity index (χ1v) is 9.79. The van der Waals surface area contributed by atoms with Gasteiger partial charge in [0.05, 0.1) is 30.7 Å². The van der Waals surface area contributed by atoms with E-state index in [1.807, 2.05) is 52.0 Å². The Balaban J connectivity index is 1.93. The Hall–Kier alpha value is -2.54. The van der Waals surface area contributed by atoms with Crippen LogP contribution in [0.3, 0.4) is 0 Å². The molecular formula is C20H26N2O4S. The molecule has 1 aromatic carbocycles. The summed E-state index contributed by atoms with van der Waals surface area (Å²) in [4.78, 5) is 25.8. The third-order valence-corrected chi connectivity index (χ3v) is 4.82. The van der Waals surface area contributed by atoms with Crippen molar-refractivity contribution in [2.45, 2.75) is 33.7 Å². The molecule has 2 rings (SSSR count). The minimum absolute atomic E-state index is 0.0739. The smallest absolute Gasteiger partial charge is 0.261 e. The number of benzene rings is 1. The first-order valence-electron chi connectivity index (χ1n) is 8.98. The van der Waals surface area contributed by atoms with Gasteiger partial charge in [-0.1, -0.05) is 6.07 Å². The Morgan fingerprint density at radius 2 is 1.78 bits per heavy atom. The van der Waals surface area contributed by atoms with E-state index >= 15 is 0 Å². The van der Waals surface area contributed by atoms with Gasteiger partial charge in [-0.3, -0.25) is 9.59 Å². The zero-order valence-electron chi connectivity index (χ0n) is 16.1. The average molecular weight is 391 g/mol. The van der Waals surface area contributed by atoms with Crippen molar-refractivity contribution < 1.29 is 19.1 Å². The number of amides is 2. The molecule has 0 spiro atoms. The van der Waals surface area contributed by atoms with E-state index in [1.165, 1.54) is 11.3 Å². The fourth-order valence-corrected chi connectivity index (χ4v) is 3.30. The molecule has 1 atom stereocenters. The predicted octanol–water partition coefficient (Wildman–Crippen LogP) is 3.46. The van der Waals surface area contributed by atoms with Crippen LogP contribution in [-0.2, 0) is 4.79 Å². The lowest BCUT2D eigenvalue weighted by Crippen LogP contribution is -2.37. The second kappa shape index (κ2) is 9.97. The highest BCUT2D eigenvalue weighted by Crippen LogP contribution is 2.30. The fourth-order valence-electron chi connectivity index (χ4n) is 2.52. The molecule has 0 radical (unpaired) electrons. The molecule has 2 amide bonds. The van der Waals surface area contributed by atoms with Gasteiger partial charge in [0.25, 0.3) is 5.91 Å². The van der Waals surface area contributed by atoms with Crippen molar-refractivity contribution in [2.24, 2.45) is 0 Å². The number of rotatable bonds is 9. The number of aryl methyl sites for hydroxylation is 1. The molecule has 0 unspecified atom stereocenters. The van der Waals surface area contributed by atoms with Crippen LogP contribution < -0.4 is 20.1 Å². The molecule has 0 fully saturated rings. The van der Waals surface area contributed by atoms with Gasteiger partial charge in [-0.2, -0.15) is 0 Å². The first kappa shape index (κ1) is 20.8. The number of thiophene rings is 1. The van der Waals surface area contributed by atoms with Gasteiger partial charge < -0.3 is 20.1 Å². The first-order chi connectivity index (χ1) is 12.9. The van der Waals surface area contributed by atoms with Gasteiger partial charge in [0.2, 0.25) is 5.91 Å². The predicted molar refractivity (Wildman–Crippen MR) is 107 cm³/mol. The second-order valence-electron chi connectivity index (χ2n) is 5.95. The minimum Gasteiger partial charge on any atom is -0.490 e. The normalized spacial score (nSPS) is 11.6. The van der Waals surface area contributed by atoms with Gasteiger partial charge >= 0.3 is 0 Å². The maximum Gasteiger partial charge on any atom is 0.261 e. The molecule has 0 aliphatic carbocycles. The molecule has 27 heavy (non-hydrogen) atoms. The Labute approximate surface area is 163 Å². The summed E-state index contributed by atoms with van der Waals surface area (Å²) in [5.74, 6) is 0.839. The van der Waals surface area contributed by atoms with Gasteiger partial charge in [-0.05, 0) is 57.5 Å². The van der Waals surface area contributed by atoms with E-state index < -0.39 is 0 Å². The topological polar surface area (TPSA) is 76.7 Å². The summed E-state index contributed by atoms with van der Waals surface area (Å²) in [5.41, 5.74) is 0.899. The number of ether oxygens (including phenoxy) is 2. The summed E-state index contributed by atoms with van der Waals surface area (Å²) < 4.78 is 11.2. The fraction of sp³-hybridized carbons (Fsp3) is 0.400. The van der Waals surface area contributed by atoms with Crippen molar-refractivity contribution in [2.75, 3.05) is 19.8 Å². The van der Waals surface area contributed by atoms with Gasteiger partial charge in [0.15, 0.2) is 11.5 Å². The van der Waals surface area contributed by atoms with E-state index in [0.717, 1.165) is 10.4 Å². The van der Waals surface area contributed by atoms with Crippen LogP contribution in [0.15, 0.2) is 30.3 Å². The highest BCUT2D eigenvalue weighted by atomic mass is 32.1. The standard InChI is InChI=1S/C20H26N2O4S/c1-5-25-16-9-8-15(11-17(16)26-6-2)14(4)22-19(23)12-21-20(24)18-10-7-13(3)27-18/h7-11,14H,5-6,12H2,1-4H3,(H,21,24)(H,22,23)/t14-/m0/s1. The summed E-state index contributed by atoms with van der Waals surface area (Å²) in [7, 11) is 0. The van der Waals surface area contributed by atoms with Gasteiger partial charge in [0, 0.05) is 4.88 Å². The van der Waals surface area contributed by atoms with E-state index in [0.29, 0.717) is 29.6 Å². The zero-order chi connectivity index (χ0) is 19.8. The van der Waals surface area contributed by atoms with E-state index in [2.05, 4.69) is 10.6 Å². The van der Waals surface area contributed by atoms with Crippen molar-refractivity contribution >= 4 is 23.2 Å². The lowest BCUT2D eigenvalue weighted by Gasteiger charge is -2.17. The molecule has 0 aliphatic rings. The monoisotopic (exact) mass is 390 g/mol. The van der Waals surface area contributed by atoms with Crippen molar-refractivity contribution in [3.05, 3.63) is 45.6 Å². The molecule has 0 bridgehead atoms. The molecule has 7 heteroatoms. The van der Waals surface area contributed by atoms with Crippen LogP contribution in [-0.4, -0.2) is 31.6 Å². The number of nitrogens with one attached hydrogen (secondary N) is 2. The largest absolute Gasteiger partial charge is 0.490 e. The van der Waals surface area contributed by atoms with Crippen LogP contribution >= 0.6 is 11.3 Å². The van der Waals surface area contributed by atoms with E-state index in [9.17, 15) is 9.59 Å². The SMILES string of the molecule is CCOc1ccc([C@H](C)NC(=O)CNC(=O)c2ccc(C)s2)cc1OCC. The zero-order valence-corrected chi connectivity index (χ0v) is 16.9. The molecule has 0 saturated carbocycles. The third kappa shape index (κ3) is 5.99. The minimum atomic E-state index is -0.254. The maximum absolute atomic E-state index is 12.2. The van der Waals surface area contributed by atoms with E-state index in [4.69, 9.17) is 9.47 Å². The molecule has 2 aromatic rings. The summed E-state index contributed by atoms with van der Waals surface area (Å²) in [6.07, 6.45) is 0. The van der Waals surface area contributed by atoms with Crippen molar-refractivity contribution in [3.63, 3.8) is 0 Å². The highest BCUT2D eigenvalue weighted by Gasteiger charge is 2.15. The maximum atomic E-state index is 12.2. The van der Waals surface area contributed by atoms with Crippen LogP contribution in [0.2, 0.25) is 0 Å². The Bertz CT molecular complexity index is 788. The third-order valence-electron chi connectivity index (χ3n) is 3.82. The summed E-state index contributed by atoms with van der Waals surface area (Å²) in [6.45, 7) is 8.64. The Morgan fingerprint density at radius 3 is 2.41 bits per heavy atom.